The summed E-state index contributed by atoms with van der Waals surface area (Å²) in [6, 6.07) is 6.41. The van der Waals surface area contributed by atoms with Crippen LogP contribution in [-0.2, 0) is 11.8 Å². The fourth-order valence-corrected chi connectivity index (χ4v) is 2.13. The van der Waals surface area contributed by atoms with E-state index in [1.54, 1.807) is 42.9 Å². The van der Waals surface area contributed by atoms with Gasteiger partial charge >= 0.3 is 0 Å². The summed E-state index contributed by atoms with van der Waals surface area (Å²) in [5.41, 5.74) is 0.935. The van der Waals surface area contributed by atoms with E-state index in [2.05, 4.69) is 5.32 Å². The van der Waals surface area contributed by atoms with Crippen LogP contribution in [0.15, 0.2) is 35.3 Å². The number of rotatable bonds is 6. The van der Waals surface area contributed by atoms with Crippen LogP contribution in [0.25, 0.3) is 0 Å². The van der Waals surface area contributed by atoms with E-state index in [0.717, 1.165) is 0 Å². The molecule has 0 unspecified atom stereocenters. The maximum atomic E-state index is 12.0. The minimum absolute atomic E-state index is 0.169. The molecule has 1 amide bonds. The summed E-state index contributed by atoms with van der Waals surface area (Å²) in [4.78, 5) is 23.8. The Morgan fingerprint density at radius 2 is 1.88 bits per heavy atom. The molecule has 0 spiro atoms. The molecule has 0 radical (unpaired) electrons. The fourth-order valence-electron chi connectivity index (χ4n) is 2.13. The van der Waals surface area contributed by atoms with E-state index in [1.807, 2.05) is 0 Å². The number of aromatic nitrogens is 1. The van der Waals surface area contributed by atoms with Crippen LogP contribution in [0.1, 0.15) is 5.69 Å². The average molecular weight is 332 g/mol. The number of pyridine rings is 1. The molecule has 0 fully saturated rings. The maximum absolute atomic E-state index is 12.0. The summed E-state index contributed by atoms with van der Waals surface area (Å²) in [5.74, 6) is 0.856. The van der Waals surface area contributed by atoms with Crippen LogP contribution in [0.3, 0.4) is 0 Å². The lowest BCUT2D eigenvalue weighted by Crippen LogP contribution is -2.23. The first-order valence-electron chi connectivity index (χ1n) is 7.27. The lowest BCUT2D eigenvalue weighted by molar-refractivity contribution is -0.118. The summed E-state index contributed by atoms with van der Waals surface area (Å²) < 4.78 is 17.5. The predicted octanol–water partition coefficient (Wildman–Crippen LogP) is 1.73. The van der Waals surface area contributed by atoms with Gasteiger partial charge in [0.05, 0.1) is 19.9 Å². The first-order chi connectivity index (χ1) is 11.5. The third kappa shape index (κ3) is 3.87. The number of nitrogens with one attached hydrogen (secondary N) is 1. The van der Waals surface area contributed by atoms with Gasteiger partial charge in [0.2, 0.25) is 5.43 Å². The van der Waals surface area contributed by atoms with Crippen molar-refractivity contribution >= 4 is 11.6 Å². The molecule has 2 aromatic rings. The summed E-state index contributed by atoms with van der Waals surface area (Å²) in [6.07, 6.45) is 1.65. The number of hydrogen-bond acceptors (Lipinski definition) is 5. The minimum Gasteiger partial charge on any atom is -0.493 e. The molecule has 1 N–H and O–H groups in total. The van der Waals surface area contributed by atoms with Crippen LogP contribution in [0.4, 0.5) is 5.69 Å². The Balaban J connectivity index is 2.04. The largest absolute Gasteiger partial charge is 0.493 e. The topological polar surface area (TPSA) is 78.8 Å². The van der Waals surface area contributed by atoms with E-state index in [-0.39, 0.29) is 23.7 Å². The highest BCUT2D eigenvalue weighted by Crippen LogP contribution is 2.29. The van der Waals surface area contributed by atoms with E-state index in [0.29, 0.717) is 22.9 Å². The molecule has 0 saturated carbocycles. The van der Waals surface area contributed by atoms with E-state index in [9.17, 15) is 9.59 Å². The van der Waals surface area contributed by atoms with Crippen molar-refractivity contribution in [3.63, 3.8) is 0 Å². The van der Waals surface area contributed by atoms with Gasteiger partial charge in [0.15, 0.2) is 23.9 Å². The quantitative estimate of drug-likeness (QED) is 0.871. The monoisotopic (exact) mass is 332 g/mol. The average Bonchev–Trinajstić information content (AvgIpc) is 2.58. The zero-order valence-corrected chi connectivity index (χ0v) is 14.1. The number of amides is 1. The molecule has 24 heavy (non-hydrogen) atoms. The number of carbonyl (C=O) groups is 1. The number of nitrogens with zero attached hydrogens (tertiary/aromatic N) is 1. The zero-order valence-electron chi connectivity index (χ0n) is 14.1. The van der Waals surface area contributed by atoms with Gasteiger partial charge in [0, 0.05) is 31.1 Å². The van der Waals surface area contributed by atoms with Crippen LogP contribution in [0.2, 0.25) is 0 Å². The smallest absolute Gasteiger partial charge is 0.262 e. The Bertz CT molecular complexity index is 798. The molecular formula is C17H20N2O5. The van der Waals surface area contributed by atoms with Crippen molar-refractivity contribution in [1.29, 1.82) is 0 Å². The van der Waals surface area contributed by atoms with Gasteiger partial charge < -0.3 is 24.1 Å². The Hall–Kier alpha value is -2.96. The first-order valence-corrected chi connectivity index (χ1v) is 7.27. The Morgan fingerprint density at radius 1 is 1.17 bits per heavy atom. The van der Waals surface area contributed by atoms with Crippen LogP contribution in [0, 0.1) is 6.92 Å². The number of ether oxygens (including phenoxy) is 3. The molecular weight excluding hydrogens is 312 g/mol. The molecule has 1 aromatic carbocycles. The van der Waals surface area contributed by atoms with Crippen LogP contribution in [-0.4, -0.2) is 31.3 Å². The highest BCUT2D eigenvalue weighted by atomic mass is 16.5. The second kappa shape index (κ2) is 7.54. The number of methoxy groups -OCH3 is 2. The van der Waals surface area contributed by atoms with Crippen molar-refractivity contribution in [3.8, 4) is 17.2 Å². The second-order valence-corrected chi connectivity index (χ2v) is 5.11. The summed E-state index contributed by atoms with van der Waals surface area (Å²) >= 11 is 0. The van der Waals surface area contributed by atoms with E-state index in [1.165, 1.54) is 20.3 Å². The molecule has 0 saturated heterocycles. The van der Waals surface area contributed by atoms with Gasteiger partial charge in [-0.15, -0.1) is 0 Å². The van der Waals surface area contributed by atoms with Crippen molar-refractivity contribution in [1.82, 2.24) is 4.57 Å². The molecule has 7 nitrogen and oxygen atoms in total. The van der Waals surface area contributed by atoms with E-state index >= 15 is 0 Å². The van der Waals surface area contributed by atoms with Gasteiger partial charge in [0.1, 0.15) is 0 Å². The first kappa shape index (κ1) is 17.4. The molecule has 2 rings (SSSR count). The fraction of sp³-hybridized carbons (Fsp3) is 0.294. The van der Waals surface area contributed by atoms with Crippen LogP contribution >= 0.6 is 0 Å². The summed E-state index contributed by atoms with van der Waals surface area (Å²) in [7, 11) is 4.85. The molecule has 7 heteroatoms. The molecule has 0 aliphatic heterocycles. The van der Waals surface area contributed by atoms with Gasteiger partial charge in [-0.25, -0.2) is 0 Å². The number of hydrogen-bond donors (Lipinski definition) is 1. The minimum atomic E-state index is -0.382. The Morgan fingerprint density at radius 3 is 2.54 bits per heavy atom. The third-order valence-electron chi connectivity index (χ3n) is 3.55. The second-order valence-electron chi connectivity index (χ2n) is 5.11. The summed E-state index contributed by atoms with van der Waals surface area (Å²) in [6.45, 7) is 1.48. The predicted molar refractivity (Wildman–Crippen MR) is 90.1 cm³/mol. The van der Waals surface area contributed by atoms with E-state index in [4.69, 9.17) is 14.2 Å². The maximum Gasteiger partial charge on any atom is 0.262 e. The highest BCUT2D eigenvalue weighted by Gasteiger charge is 2.11. The molecule has 1 heterocycles. The number of aryl methyl sites for hydroxylation is 1. The SMILES string of the molecule is COc1ccc(NC(=O)COc2c(C)n(C)ccc2=O)cc1OC. The van der Waals surface area contributed by atoms with Gasteiger partial charge in [-0.05, 0) is 19.1 Å². The lowest BCUT2D eigenvalue weighted by atomic mass is 10.2. The highest BCUT2D eigenvalue weighted by molar-refractivity contribution is 5.92. The van der Waals surface area contributed by atoms with Crippen LogP contribution in [0.5, 0.6) is 17.2 Å². The molecule has 0 atom stereocenters. The van der Waals surface area contributed by atoms with Crippen molar-refractivity contribution < 1.29 is 19.0 Å². The number of anilines is 1. The van der Waals surface area contributed by atoms with Crippen molar-refractivity contribution in [3.05, 3.63) is 46.4 Å². The molecule has 1 aromatic heterocycles. The van der Waals surface area contributed by atoms with Gasteiger partial charge in [-0.2, -0.15) is 0 Å². The molecule has 128 valence electrons. The molecule has 0 bridgehead atoms. The summed E-state index contributed by atoms with van der Waals surface area (Å²) in [5, 5.41) is 2.68. The Kier molecular flexibility index (Phi) is 5.47. The number of carbonyl (C=O) groups excluding carboxylic acids is 1. The molecule has 0 aliphatic carbocycles. The van der Waals surface area contributed by atoms with Crippen molar-refractivity contribution in [2.75, 3.05) is 26.1 Å². The van der Waals surface area contributed by atoms with Gasteiger partial charge in [-0.3, -0.25) is 9.59 Å². The number of benzene rings is 1. The normalized spacial score (nSPS) is 10.2. The zero-order chi connectivity index (χ0) is 17.7. The Labute approximate surface area is 139 Å². The third-order valence-corrected chi connectivity index (χ3v) is 3.55. The van der Waals surface area contributed by atoms with Crippen molar-refractivity contribution in [2.24, 2.45) is 7.05 Å². The van der Waals surface area contributed by atoms with E-state index < -0.39 is 0 Å². The lowest BCUT2D eigenvalue weighted by Gasteiger charge is -2.12. The van der Waals surface area contributed by atoms with Gasteiger partial charge in [0.25, 0.3) is 5.91 Å². The van der Waals surface area contributed by atoms with Gasteiger partial charge in [-0.1, -0.05) is 0 Å². The van der Waals surface area contributed by atoms with Crippen molar-refractivity contribution in [2.45, 2.75) is 6.92 Å². The van der Waals surface area contributed by atoms with Crippen LogP contribution < -0.4 is 25.0 Å². The standard InChI is InChI=1S/C17H20N2O5/c1-11-17(13(20)7-8-19(11)2)24-10-16(21)18-12-5-6-14(22-3)15(9-12)23-4/h5-9H,10H2,1-4H3,(H,18,21). The molecule has 0 aliphatic rings.